The van der Waals surface area contributed by atoms with Crippen molar-refractivity contribution in [3.63, 3.8) is 0 Å². The van der Waals surface area contributed by atoms with Gasteiger partial charge in [0.15, 0.2) is 0 Å². The van der Waals surface area contributed by atoms with Crippen LogP contribution in [0.2, 0.25) is 0 Å². The van der Waals surface area contributed by atoms with Gasteiger partial charge < -0.3 is 15.2 Å². The van der Waals surface area contributed by atoms with Crippen LogP contribution in [-0.2, 0) is 0 Å². The van der Waals surface area contributed by atoms with E-state index >= 15 is 0 Å². The van der Waals surface area contributed by atoms with Crippen LogP contribution < -0.4 is 15.2 Å². The van der Waals surface area contributed by atoms with Gasteiger partial charge in [0, 0.05) is 24.2 Å². The Bertz CT molecular complexity index is 472. The summed E-state index contributed by atoms with van der Waals surface area (Å²) in [5, 5.41) is 0. The number of methoxy groups -OCH3 is 1. The molecule has 1 fully saturated rings. The van der Waals surface area contributed by atoms with E-state index in [0.717, 1.165) is 18.0 Å². The van der Waals surface area contributed by atoms with E-state index in [2.05, 4.69) is 17.9 Å². The highest BCUT2D eigenvalue weighted by atomic mass is 16.5. The summed E-state index contributed by atoms with van der Waals surface area (Å²) in [5.74, 6) is 1.73. The summed E-state index contributed by atoms with van der Waals surface area (Å²) in [5.41, 5.74) is 7.38. The van der Waals surface area contributed by atoms with Crippen LogP contribution in [0.5, 0.6) is 11.5 Å². The van der Waals surface area contributed by atoms with Gasteiger partial charge in [-0.15, -0.1) is 0 Å². The van der Waals surface area contributed by atoms with Gasteiger partial charge in [-0.05, 0) is 32.4 Å². The highest BCUT2D eigenvalue weighted by Crippen LogP contribution is 2.35. The summed E-state index contributed by atoms with van der Waals surface area (Å²) in [7, 11) is 1.69. The molecule has 4 nitrogen and oxygen atoms in total. The molecule has 1 aromatic carbocycles. The number of nitrogens with two attached hydrogens (primary N) is 1. The molecule has 0 aliphatic heterocycles. The average Bonchev–Trinajstić information content (AvgIpc) is 2.61. The fourth-order valence-corrected chi connectivity index (χ4v) is 3.78. The van der Waals surface area contributed by atoms with Gasteiger partial charge in [-0.25, -0.2) is 0 Å². The maximum absolute atomic E-state index is 6.20. The monoisotopic (exact) mass is 320 g/mol. The largest absolute Gasteiger partial charge is 0.497 e. The van der Waals surface area contributed by atoms with E-state index in [1.165, 1.54) is 37.7 Å². The second kappa shape index (κ2) is 9.14. The van der Waals surface area contributed by atoms with Crippen LogP contribution in [0.3, 0.4) is 0 Å². The number of benzene rings is 1. The quantitative estimate of drug-likeness (QED) is 0.792. The van der Waals surface area contributed by atoms with Gasteiger partial charge in [0.05, 0.1) is 19.8 Å². The number of rotatable bonds is 8. The van der Waals surface area contributed by atoms with Crippen LogP contribution in [0.1, 0.15) is 57.6 Å². The summed E-state index contributed by atoms with van der Waals surface area (Å²) < 4.78 is 11.2. The minimum absolute atomic E-state index is 0.204. The first-order valence-electron chi connectivity index (χ1n) is 9.01. The average molecular weight is 320 g/mol. The highest BCUT2D eigenvalue weighted by molar-refractivity contribution is 5.43. The Hall–Kier alpha value is -1.26. The Balaban J connectivity index is 2.30. The fourth-order valence-electron chi connectivity index (χ4n) is 3.78. The minimum atomic E-state index is 0.204. The first-order valence-corrected chi connectivity index (χ1v) is 9.01. The fraction of sp³-hybridized carbons (Fsp3) is 0.684. The highest BCUT2D eigenvalue weighted by Gasteiger charge is 2.28. The van der Waals surface area contributed by atoms with Gasteiger partial charge in [-0.3, -0.25) is 4.90 Å². The molecule has 1 unspecified atom stereocenters. The molecule has 0 heterocycles. The molecule has 1 atom stereocenters. The summed E-state index contributed by atoms with van der Waals surface area (Å²) >= 11 is 0. The van der Waals surface area contributed by atoms with Crippen LogP contribution in [0.4, 0.5) is 0 Å². The summed E-state index contributed by atoms with van der Waals surface area (Å²) in [4.78, 5) is 2.57. The zero-order valence-electron chi connectivity index (χ0n) is 14.9. The molecule has 0 saturated heterocycles. The molecular formula is C19H32N2O2. The number of hydrogen-bond acceptors (Lipinski definition) is 4. The standard InChI is InChI=1S/C19H32N2O2/c1-4-21(15-9-7-6-8-10-15)18(14-20)17-12-11-16(22-3)13-19(17)23-5-2/h11-13,15,18H,4-10,14,20H2,1-3H3. The van der Waals surface area contributed by atoms with E-state index in [-0.39, 0.29) is 6.04 Å². The number of nitrogens with zero attached hydrogens (tertiary/aromatic N) is 1. The number of hydrogen-bond donors (Lipinski definition) is 1. The Kier molecular flexibility index (Phi) is 7.18. The zero-order chi connectivity index (χ0) is 16.7. The maximum atomic E-state index is 6.20. The summed E-state index contributed by atoms with van der Waals surface area (Å²) in [6, 6.07) is 6.95. The number of ether oxygens (including phenoxy) is 2. The summed E-state index contributed by atoms with van der Waals surface area (Å²) in [6.07, 6.45) is 6.60. The molecule has 1 aliphatic rings. The van der Waals surface area contributed by atoms with E-state index in [1.807, 2.05) is 19.1 Å². The second-order valence-corrected chi connectivity index (χ2v) is 6.21. The normalized spacial score (nSPS) is 17.3. The lowest BCUT2D eigenvalue weighted by Gasteiger charge is -2.39. The van der Waals surface area contributed by atoms with E-state index in [4.69, 9.17) is 15.2 Å². The van der Waals surface area contributed by atoms with Crippen molar-refractivity contribution in [2.24, 2.45) is 5.73 Å². The van der Waals surface area contributed by atoms with Gasteiger partial charge in [-0.2, -0.15) is 0 Å². The Labute approximate surface area is 140 Å². The smallest absolute Gasteiger partial charge is 0.127 e. The number of likely N-dealkylation sites (N-methyl/N-ethyl adjacent to an activating group) is 1. The Morgan fingerprint density at radius 3 is 2.52 bits per heavy atom. The molecule has 0 bridgehead atoms. The molecule has 4 heteroatoms. The van der Waals surface area contributed by atoms with Gasteiger partial charge in [0.2, 0.25) is 0 Å². The van der Waals surface area contributed by atoms with Crippen molar-refractivity contribution >= 4 is 0 Å². The molecule has 0 aromatic heterocycles. The van der Waals surface area contributed by atoms with Crippen LogP contribution in [-0.4, -0.2) is 37.7 Å². The van der Waals surface area contributed by atoms with Gasteiger partial charge in [0.1, 0.15) is 11.5 Å². The molecule has 1 aromatic rings. The second-order valence-electron chi connectivity index (χ2n) is 6.21. The van der Waals surface area contributed by atoms with E-state index < -0.39 is 0 Å². The van der Waals surface area contributed by atoms with E-state index in [0.29, 0.717) is 19.2 Å². The maximum Gasteiger partial charge on any atom is 0.127 e. The van der Waals surface area contributed by atoms with Gasteiger partial charge in [-0.1, -0.05) is 32.3 Å². The van der Waals surface area contributed by atoms with Crippen LogP contribution in [0, 0.1) is 0 Å². The van der Waals surface area contributed by atoms with Gasteiger partial charge >= 0.3 is 0 Å². The molecule has 130 valence electrons. The van der Waals surface area contributed by atoms with Crippen molar-refractivity contribution in [1.29, 1.82) is 0 Å². The first-order chi connectivity index (χ1) is 11.2. The van der Waals surface area contributed by atoms with E-state index in [9.17, 15) is 0 Å². The van der Waals surface area contributed by atoms with E-state index in [1.54, 1.807) is 7.11 Å². The van der Waals surface area contributed by atoms with Crippen molar-refractivity contribution in [2.45, 2.75) is 58.0 Å². The lowest BCUT2D eigenvalue weighted by atomic mass is 9.91. The zero-order valence-corrected chi connectivity index (χ0v) is 14.9. The lowest BCUT2D eigenvalue weighted by Crippen LogP contribution is -2.42. The molecular weight excluding hydrogens is 288 g/mol. The van der Waals surface area contributed by atoms with Crippen molar-refractivity contribution in [2.75, 3.05) is 26.8 Å². The van der Waals surface area contributed by atoms with Crippen LogP contribution in [0.15, 0.2) is 18.2 Å². The SMILES string of the molecule is CCOc1cc(OC)ccc1C(CN)N(CC)C1CCCCC1. The molecule has 23 heavy (non-hydrogen) atoms. The van der Waals surface area contributed by atoms with Crippen molar-refractivity contribution < 1.29 is 9.47 Å². The van der Waals surface area contributed by atoms with Crippen LogP contribution >= 0.6 is 0 Å². The van der Waals surface area contributed by atoms with Crippen molar-refractivity contribution in [3.05, 3.63) is 23.8 Å². The molecule has 1 aliphatic carbocycles. The third kappa shape index (κ3) is 4.39. The van der Waals surface area contributed by atoms with Crippen molar-refractivity contribution in [1.82, 2.24) is 4.90 Å². The Morgan fingerprint density at radius 2 is 1.96 bits per heavy atom. The Morgan fingerprint density at radius 1 is 1.22 bits per heavy atom. The predicted octanol–water partition coefficient (Wildman–Crippen LogP) is 3.75. The third-order valence-electron chi connectivity index (χ3n) is 4.91. The molecule has 1 saturated carbocycles. The first kappa shape index (κ1) is 18.1. The summed E-state index contributed by atoms with van der Waals surface area (Å²) in [6.45, 7) is 6.52. The third-order valence-corrected chi connectivity index (χ3v) is 4.91. The van der Waals surface area contributed by atoms with Crippen molar-refractivity contribution in [3.8, 4) is 11.5 Å². The lowest BCUT2D eigenvalue weighted by molar-refractivity contribution is 0.111. The van der Waals surface area contributed by atoms with Gasteiger partial charge in [0.25, 0.3) is 0 Å². The minimum Gasteiger partial charge on any atom is -0.497 e. The molecule has 2 N–H and O–H groups in total. The van der Waals surface area contributed by atoms with Crippen LogP contribution in [0.25, 0.3) is 0 Å². The topological polar surface area (TPSA) is 47.7 Å². The molecule has 0 amide bonds. The predicted molar refractivity (Wildman–Crippen MR) is 95.2 cm³/mol. The molecule has 2 rings (SSSR count). The molecule has 0 spiro atoms. The molecule has 0 radical (unpaired) electrons.